The van der Waals surface area contributed by atoms with E-state index in [1.807, 2.05) is 30.3 Å². The number of anilines is 1. The topological polar surface area (TPSA) is 45.5 Å². The van der Waals surface area contributed by atoms with Crippen molar-refractivity contribution in [3.05, 3.63) is 75.9 Å². The number of rotatable bonds is 6. The van der Waals surface area contributed by atoms with Crippen LogP contribution in [0.3, 0.4) is 0 Å². The minimum absolute atomic E-state index is 0.543. The lowest BCUT2D eigenvalue weighted by atomic mass is 9.97. The molecular weight excluding hydrogens is 496 g/mol. The van der Waals surface area contributed by atoms with Crippen LogP contribution in [0.5, 0.6) is 0 Å². The Labute approximate surface area is 208 Å². The highest BCUT2D eigenvalue weighted by Crippen LogP contribution is 2.29. The average molecular weight is 521 g/mol. The lowest BCUT2D eigenvalue weighted by Crippen LogP contribution is -2.37. The summed E-state index contributed by atoms with van der Waals surface area (Å²) in [6.07, 6.45) is 4.04. The van der Waals surface area contributed by atoms with E-state index in [1.54, 1.807) is 10.7 Å². The number of piperidine rings is 1. The SMILES string of the molecule is [B]c1cnn2c(NCC3CCCN(Cc4ccccc4Br)C3)cc(-c3ccccc3Cl)nc12. The summed E-state index contributed by atoms with van der Waals surface area (Å²) in [6.45, 7) is 4.00. The number of nitrogens with zero attached hydrogens (tertiary/aromatic N) is 4. The van der Waals surface area contributed by atoms with Gasteiger partial charge in [0, 0.05) is 47.0 Å². The van der Waals surface area contributed by atoms with Gasteiger partial charge in [0.1, 0.15) is 13.7 Å². The van der Waals surface area contributed by atoms with Crippen molar-refractivity contribution < 1.29 is 0 Å². The number of likely N-dealkylation sites (tertiary alicyclic amines) is 1. The summed E-state index contributed by atoms with van der Waals surface area (Å²) >= 11 is 10.1. The van der Waals surface area contributed by atoms with Crippen molar-refractivity contribution in [3.8, 4) is 11.3 Å². The summed E-state index contributed by atoms with van der Waals surface area (Å²) in [4.78, 5) is 7.27. The van der Waals surface area contributed by atoms with Crippen LogP contribution in [0.4, 0.5) is 5.82 Å². The summed E-state index contributed by atoms with van der Waals surface area (Å²) in [7, 11) is 6.16. The van der Waals surface area contributed by atoms with Crippen molar-refractivity contribution in [3.63, 3.8) is 0 Å². The second kappa shape index (κ2) is 9.88. The molecule has 0 aliphatic carbocycles. The molecule has 1 atom stereocenters. The first kappa shape index (κ1) is 22.4. The minimum Gasteiger partial charge on any atom is -0.370 e. The molecule has 1 unspecified atom stereocenters. The first-order valence-electron chi connectivity index (χ1n) is 11.2. The van der Waals surface area contributed by atoms with Crippen LogP contribution in [-0.4, -0.2) is 47.0 Å². The van der Waals surface area contributed by atoms with E-state index >= 15 is 0 Å². The highest BCUT2D eigenvalue weighted by Gasteiger charge is 2.21. The number of halogens is 2. The van der Waals surface area contributed by atoms with Gasteiger partial charge in [-0.2, -0.15) is 9.61 Å². The van der Waals surface area contributed by atoms with Crippen LogP contribution < -0.4 is 10.8 Å². The van der Waals surface area contributed by atoms with Crippen molar-refractivity contribution in [1.82, 2.24) is 19.5 Å². The maximum atomic E-state index is 6.45. The Morgan fingerprint density at radius 2 is 1.97 bits per heavy atom. The van der Waals surface area contributed by atoms with Crippen molar-refractivity contribution >= 4 is 52.3 Å². The summed E-state index contributed by atoms with van der Waals surface area (Å²) in [6, 6.07) is 18.2. The normalized spacial score (nSPS) is 16.8. The number of fused-ring (bicyclic) bond motifs is 1. The Morgan fingerprint density at radius 1 is 1.15 bits per heavy atom. The van der Waals surface area contributed by atoms with Gasteiger partial charge in [0.25, 0.3) is 0 Å². The molecule has 2 aromatic heterocycles. The fourth-order valence-electron chi connectivity index (χ4n) is 4.49. The second-order valence-electron chi connectivity index (χ2n) is 8.56. The molecule has 2 radical (unpaired) electrons. The number of benzene rings is 2. The van der Waals surface area contributed by atoms with Crippen molar-refractivity contribution in [2.24, 2.45) is 5.92 Å². The fraction of sp³-hybridized carbons (Fsp3) is 0.280. The number of aromatic nitrogens is 3. The molecule has 5 nitrogen and oxygen atoms in total. The Kier molecular flexibility index (Phi) is 6.72. The highest BCUT2D eigenvalue weighted by molar-refractivity contribution is 9.10. The third kappa shape index (κ3) is 4.95. The summed E-state index contributed by atoms with van der Waals surface area (Å²) < 4.78 is 2.95. The molecular formula is C25H24BBrClN5. The van der Waals surface area contributed by atoms with Crippen molar-refractivity contribution in [2.75, 3.05) is 25.0 Å². The Morgan fingerprint density at radius 3 is 2.82 bits per heavy atom. The van der Waals surface area contributed by atoms with Gasteiger partial charge < -0.3 is 5.32 Å². The molecule has 0 saturated carbocycles. The molecule has 0 spiro atoms. The summed E-state index contributed by atoms with van der Waals surface area (Å²) in [5, 5.41) is 8.72. The fourth-order valence-corrected chi connectivity index (χ4v) is 5.13. The molecule has 1 N–H and O–H groups in total. The van der Waals surface area contributed by atoms with E-state index in [0.717, 1.165) is 43.3 Å². The molecule has 0 bridgehead atoms. The van der Waals surface area contributed by atoms with Crippen LogP contribution in [0.15, 0.2) is 65.3 Å². The zero-order valence-corrected chi connectivity index (χ0v) is 20.6. The largest absolute Gasteiger partial charge is 0.370 e. The maximum Gasteiger partial charge on any atom is 0.150 e. The monoisotopic (exact) mass is 519 g/mol. The van der Waals surface area contributed by atoms with Crippen LogP contribution in [0.1, 0.15) is 18.4 Å². The molecule has 1 saturated heterocycles. The van der Waals surface area contributed by atoms with Gasteiger partial charge in [-0.3, -0.25) is 4.90 Å². The van der Waals surface area contributed by atoms with E-state index in [1.165, 1.54) is 22.9 Å². The number of nitrogens with one attached hydrogen (secondary N) is 1. The molecule has 1 aliphatic rings. The standard InChI is InChI=1S/C25H24BBrClN5/c26-20-14-30-33-24(12-23(31-25(20)33)19-8-2-4-10-22(19)28)29-13-17-6-5-11-32(15-17)16-18-7-1-3-9-21(18)27/h1-4,7-10,12,14,17,29H,5-6,11,13,15-16H2. The quantitative estimate of drug-likeness (QED) is 0.366. The molecule has 8 heteroatoms. The number of hydrogen-bond donors (Lipinski definition) is 1. The van der Waals surface area contributed by atoms with Crippen LogP contribution in [0.25, 0.3) is 16.9 Å². The molecule has 1 fully saturated rings. The first-order valence-corrected chi connectivity index (χ1v) is 12.3. The molecule has 166 valence electrons. The first-order chi connectivity index (χ1) is 16.1. The van der Waals surface area contributed by atoms with Gasteiger partial charge in [-0.05, 0) is 48.5 Å². The average Bonchev–Trinajstić information content (AvgIpc) is 3.20. The highest BCUT2D eigenvalue weighted by atomic mass is 79.9. The van der Waals surface area contributed by atoms with Crippen LogP contribution >= 0.6 is 27.5 Å². The summed E-state index contributed by atoms with van der Waals surface area (Å²) in [5.41, 5.74) is 4.17. The molecule has 3 heterocycles. The smallest absolute Gasteiger partial charge is 0.150 e. The Bertz CT molecular complexity index is 1280. The predicted octanol–water partition coefficient (Wildman–Crippen LogP) is 4.93. The van der Waals surface area contributed by atoms with Gasteiger partial charge in [-0.1, -0.05) is 63.9 Å². The van der Waals surface area contributed by atoms with Crippen LogP contribution in [0.2, 0.25) is 5.02 Å². The lowest BCUT2D eigenvalue weighted by Gasteiger charge is -2.33. The van der Waals surface area contributed by atoms with Crippen LogP contribution in [-0.2, 0) is 6.54 Å². The Hall–Kier alpha value is -2.35. The van der Waals surface area contributed by atoms with Gasteiger partial charge >= 0.3 is 0 Å². The van der Waals surface area contributed by atoms with Crippen molar-refractivity contribution in [2.45, 2.75) is 19.4 Å². The third-order valence-electron chi connectivity index (χ3n) is 6.18. The molecule has 0 amide bonds. The van der Waals surface area contributed by atoms with E-state index in [4.69, 9.17) is 24.4 Å². The van der Waals surface area contributed by atoms with Gasteiger partial charge in [0.05, 0.1) is 5.69 Å². The van der Waals surface area contributed by atoms with Gasteiger partial charge in [-0.15, -0.1) is 0 Å². The van der Waals surface area contributed by atoms with E-state index in [-0.39, 0.29) is 0 Å². The molecule has 33 heavy (non-hydrogen) atoms. The minimum atomic E-state index is 0.543. The zero-order valence-electron chi connectivity index (χ0n) is 18.2. The molecule has 4 aromatic rings. The Balaban J connectivity index is 1.34. The molecule has 2 aromatic carbocycles. The summed E-state index contributed by atoms with van der Waals surface area (Å²) in [5.74, 6) is 1.41. The van der Waals surface area contributed by atoms with E-state index < -0.39 is 0 Å². The van der Waals surface area contributed by atoms with E-state index in [0.29, 0.717) is 22.1 Å². The lowest BCUT2D eigenvalue weighted by molar-refractivity contribution is 0.173. The third-order valence-corrected chi connectivity index (χ3v) is 7.28. The van der Waals surface area contributed by atoms with Gasteiger partial charge in [0.15, 0.2) is 5.65 Å². The van der Waals surface area contributed by atoms with Crippen molar-refractivity contribution in [1.29, 1.82) is 0 Å². The van der Waals surface area contributed by atoms with Crippen LogP contribution in [0, 0.1) is 5.92 Å². The number of hydrogen-bond acceptors (Lipinski definition) is 4. The van der Waals surface area contributed by atoms with E-state index in [9.17, 15) is 0 Å². The maximum absolute atomic E-state index is 6.45. The second-order valence-corrected chi connectivity index (χ2v) is 9.82. The molecule has 1 aliphatic heterocycles. The van der Waals surface area contributed by atoms with E-state index in [2.05, 4.69) is 55.5 Å². The zero-order chi connectivity index (χ0) is 22.8. The predicted molar refractivity (Wildman–Crippen MR) is 139 cm³/mol. The van der Waals surface area contributed by atoms with Gasteiger partial charge in [0.2, 0.25) is 0 Å². The van der Waals surface area contributed by atoms with Gasteiger partial charge in [-0.25, -0.2) is 4.98 Å². The molecule has 5 rings (SSSR count).